The molecular formula is C24H16F5N5O. The number of hydrogen-bond donors (Lipinski definition) is 2. The first-order valence-corrected chi connectivity index (χ1v) is 10.2. The number of anilines is 1. The summed E-state index contributed by atoms with van der Waals surface area (Å²) in [6.45, 7) is 0. The predicted molar refractivity (Wildman–Crippen MR) is 116 cm³/mol. The molecule has 0 unspecified atom stereocenters. The van der Waals surface area contributed by atoms with Gasteiger partial charge in [-0.3, -0.25) is 9.79 Å². The van der Waals surface area contributed by atoms with Gasteiger partial charge in [0.15, 0.2) is 17.2 Å². The number of nitrogens with zero attached hydrogens (tertiary/aromatic N) is 3. The molecule has 0 radical (unpaired) electrons. The third-order valence-corrected chi connectivity index (χ3v) is 5.60. The van der Waals surface area contributed by atoms with Crippen LogP contribution < -0.4 is 11.1 Å². The van der Waals surface area contributed by atoms with Crippen LogP contribution in [-0.2, 0) is 5.54 Å². The van der Waals surface area contributed by atoms with Crippen molar-refractivity contribution in [3.63, 3.8) is 0 Å². The summed E-state index contributed by atoms with van der Waals surface area (Å²) in [7, 11) is 0. The normalized spacial score (nSPS) is 18.9. The van der Waals surface area contributed by atoms with Crippen LogP contribution in [0.1, 0.15) is 40.0 Å². The van der Waals surface area contributed by atoms with E-state index in [2.05, 4.69) is 15.3 Å². The fourth-order valence-electron chi connectivity index (χ4n) is 3.95. The Hall–Kier alpha value is -4.33. The molecule has 1 aliphatic heterocycles. The Kier molecular flexibility index (Phi) is 5.98. The minimum Gasteiger partial charge on any atom is -0.387 e. The molecule has 3 aromatic rings. The number of aromatic nitrogens is 1. The van der Waals surface area contributed by atoms with E-state index in [0.717, 1.165) is 24.4 Å². The molecule has 0 saturated carbocycles. The summed E-state index contributed by atoms with van der Waals surface area (Å²) in [5, 5.41) is 11.1. The van der Waals surface area contributed by atoms with Crippen molar-refractivity contribution >= 4 is 17.4 Å². The average Bonchev–Trinajstić information content (AvgIpc) is 2.83. The Balaban J connectivity index is 1.89. The van der Waals surface area contributed by atoms with E-state index in [1.165, 1.54) is 24.3 Å². The largest absolute Gasteiger partial charge is 0.387 e. The maximum Gasteiger partial charge on any atom is 0.281 e. The fourth-order valence-corrected chi connectivity index (χ4v) is 3.95. The van der Waals surface area contributed by atoms with Gasteiger partial charge >= 0.3 is 0 Å². The zero-order valence-corrected chi connectivity index (χ0v) is 17.8. The van der Waals surface area contributed by atoms with Crippen LogP contribution in [0.3, 0.4) is 0 Å². The molecule has 3 N–H and O–H groups in total. The number of amidine groups is 1. The molecule has 1 aromatic heterocycles. The van der Waals surface area contributed by atoms with E-state index in [-0.39, 0.29) is 23.5 Å². The maximum atomic E-state index is 15.5. The van der Waals surface area contributed by atoms with Gasteiger partial charge in [-0.25, -0.2) is 26.9 Å². The van der Waals surface area contributed by atoms with E-state index in [1.54, 1.807) is 0 Å². The molecule has 2 heterocycles. The molecule has 11 heteroatoms. The summed E-state index contributed by atoms with van der Waals surface area (Å²) in [5.41, 5.74) is 0.605. The van der Waals surface area contributed by atoms with Crippen LogP contribution in [0, 0.1) is 28.8 Å². The molecule has 1 amide bonds. The molecule has 1 aliphatic rings. The number of carbonyl (C=O) groups excluding carboxylic acids is 1. The van der Waals surface area contributed by atoms with Crippen molar-refractivity contribution < 1.29 is 26.7 Å². The number of pyridine rings is 1. The topological polar surface area (TPSA) is 104 Å². The van der Waals surface area contributed by atoms with E-state index in [4.69, 9.17) is 11.0 Å². The highest BCUT2D eigenvalue weighted by atomic mass is 19.3. The third kappa shape index (κ3) is 4.07. The molecule has 6 nitrogen and oxygen atoms in total. The van der Waals surface area contributed by atoms with Crippen molar-refractivity contribution in [3.8, 4) is 6.07 Å². The highest BCUT2D eigenvalue weighted by Crippen LogP contribution is 2.53. The molecule has 0 bridgehead atoms. The van der Waals surface area contributed by atoms with Gasteiger partial charge in [0.1, 0.15) is 17.6 Å². The quantitative estimate of drug-likeness (QED) is 0.525. The Morgan fingerprint density at radius 2 is 1.80 bits per heavy atom. The van der Waals surface area contributed by atoms with E-state index in [0.29, 0.717) is 6.07 Å². The highest BCUT2D eigenvalue weighted by molar-refractivity contribution is 6.03. The van der Waals surface area contributed by atoms with Gasteiger partial charge in [0.2, 0.25) is 0 Å². The van der Waals surface area contributed by atoms with E-state index in [1.807, 2.05) is 6.07 Å². The van der Waals surface area contributed by atoms with Gasteiger partial charge in [0, 0.05) is 41.9 Å². The Morgan fingerprint density at radius 1 is 1.06 bits per heavy atom. The van der Waals surface area contributed by atoms with Crippen LogP contribution in [0.2, 0.25) is 0 Å². The maximum absolute atomic E-state index is 15.5. The second-order valence-corrected chi connectivity index (χ2v) is 7.82. The number of hydrogen-bond acceptors (Lipinski definition) is 5. The second kappa shape index (κ2) is 8.79. The van der Waals surface area contributed by atoms with E-state index < -0.39 is 58.1 Å². The van der Waals surface area contributed by atoms with E-state index >= 15 is 13.2 Å². The van der Waals surface area contributed by atoms with Crippen molar-refractivity contribution in [2.75, 3.05) is 5.32 Å². The Bertz CT molecular complexity index is 1380. The first kappa shape index (κ1) is 23.8. The molecule has 0 aliphatic carbocycles. The number of alkyl halides is 2. The van der Waals surface area contributed by atoms with Gasteiger partial charge in [-0.2, -0.15) is 5.26 Å². The number of rotatable bonds is 4. The summed E-state index contributed by atoms with van der Waals surface area (Å²) in [6, 6.07) is 10.1. The molecule has 1 atom stereocenters. The van der Waals surface area contributed by atoms with Crippen molar-refractivity contribution in [2.45, 2.75) is 24.3 Å². The molecular weight excluding hydrogens is 469 g/mol. The lowest BCUT2D eigenvalue weighted by molar-refractivity contribution is -0.0728. The number of carbonyl (C=O) groups is 1. The number of aliphatic imine (C=N–C) groups is 1. The Labute approximate surface area is 195 Å². The summed E-state index contributed by atoms with van der Waals surface area (Å²) in [4.78, 5) is 20.2. The number of nitrogens with two attached hydrogens (primary N) is 1. The van der Waals surface area contributed by atoms with Crippen molar-refractivity contribution in [2.24, 2.45) is 10.7 Å². The molecule has 0 saturated heterocycles. The number of nitriles is 1. The standard InChI is InChI=1S/C24H16F5N5O/c25-17-4-2-1-3-15(17)24(23(28,29)8-7-20(31)34-24)16-9-14(10-18(26)21(16)27)33-22(35)19-6-5-13(11-30)12-32-19/h1-6,9-10,12H,7-8H2,(H2,31,34)(H,33,35)/t24-/m0/s1. The number of amides is 1. The number of nitrogens with one attached hydrogen (secondary N) is 1. The summed E-state index contributed by atoms with van der Waals surface area (Å²) >= 11 is 0. The van der Waals surface area contributed by atoms with Crippen LogP contribution >= 0.6 is 0 Å². The zero-order valence-electron chi connectivity index (χ0n) is 17.8. The van der Waals surface area contributed by atoms with Gasteiger partial charge < -0.3 is 11.1 Å². The van der Waals surface area contributed by atoms with Crippen LogP contribution in [0.15, 0.2) is 59.7 Å². The van der Waals surface area contributed by atoms with Crippen LogP contribution in [0.5, 0.6) is 0 Å². The summed E-state index contributed by atoms with van der Waals surface area (Å²) in [6.07, 6.45) is -0.115. The van der Waals surface area contributed by atoms with Gasteiger partial charge in [-0.05, 0) is 24.3 Å². The smallest absolute Gasteiger partial charge is 0.281 e. The predicted octanol–water partition coefficient (Wildman–Crippen LogP) is 4.65. The minimum atomic E-state index is -3.87. The molecule has 0 fully saturated rings. The monoisotopic (exact) mass is 485 g/mol. The molecule has 178 valence electrons. The van der Waals surface area contributed by atoms with Crippen LogP contribution in [-0.4, -0.2) is 22.6 Å². The lowest BCUT2D eigenvalue weighted by atomic mass is 9.74. The zero-order chi connectivity index (χ0) is 25.4. The third-order valence-electron chi connectivity index (χ3n) is 5.60. The summed E-state index contributed by atoms with van der Waals surface area (Å²) in [5.74, 6) is -9.44. The van der Waals surface area contributed by atoms with Crippen LogP contribution in [0.4, 0.5) is 27.6 Å². The lowest BCUT2D eigenvalue weighted by Gasteiger charge is -2.41. The lowest BCUT2D eigenvalue weighted by Crippen LogP contribution is -2.50. The van der Waals surface area contributed by atoms with Gasteiger partial charge in [0.25, 0.3) is 11.8 Å². The van der Waals surface area contributed by atoms with Gasteiger partial charge in [-0.1, -0.05) is 18.2 Å². The van der Waals surface area contributed by atoms with E-state index in [9.17, 15) is 13.6 Å². The summed E-state index contributed by atoms with van der Waals surface area (Å²) < 4.78 is 75.8. The molecule has 4 rings (SSSR count). The SMILES string of the molecule is N#Cc1ccc(C(=O)Nc2cc(F)c(F)c([C@]3(c4ccccc4F)N=C(N)CCC3(F)F)c2)nc1. The second-order valence-electron chi connectivity index (χ2n) is 7.82. The number of halogens is 5. The minimum absolute atomic E-state index is 0.177. The fraction of sp³-hybridized carbons (Fsp3) is 0.167. The average molecular weight is 485 g/mol. The molecule has 35 heavy (non-hydrogen) atoms. The van der Waals surface area contributed by atoms with Gasteiger partial charge in [0.05, 0.1) is 11.4 Å². The first-order chi connectivity index (χ1) is 16.6. The first-order valence-electron chi connectivity index (χ1n) is 10.2. The number of benzene rings is 2. The van der Waals surface area contributed by atoms with Crippen molar-refractivity contribution in [1.82, 2.24) is 4.98 Å². The van der Waals surface area contributed by atoms with Crippen LogP contribution in [0.25, 0.3) is 0 Å². The Morgan fingerprint density at radius 3 is 2.46 bits per heavy atom. The van der Waals surface area contributed by atoms with Gasteiger partial charge in [-0.15, -0.1) is 0 Å². The van der Waals surface area contributed by atoms with Crippen molar-refractivity contribution in [3.05, 3.63) is 94.6 Å². The van der Waals surface area contributed by atoms with Crippen molar-refractivity contribution in [1.29, 1.82) is 5.26 Å². The molecule has 2 aromatic carbocycles. The molecule has 0 spiro atoms. The highest BCUT2D eigenvalue weighted by Gasteiger charge is 2.60.